The van der Waals surface area contributed by atoms with Gasteiger partial charge in [0.15, 0.2) is 5.76 Å². The van der Waals surface area contributed by atoms with Crippen LogP contribution in [0.3, 0.4) is 0 Å². The van der Waals surface area contributed by atoms with E-state index in [1.165, 1.54) is 5.57 Å². The molecule has 2 aromatic carbocycles. The number of para-hydroxylation sites is 1. The Morgan fingerprint density at radius 1 is 1.16 bits per heavy atom. The first-order valence-corrected chi connectivity index (χ1v) is 8.06. The average molecular weight is 336 g/mol. The summed E-state index contributed by atoms with van der Waals surface area (Å²) in [5.41, 5.74) is 2.80. The normalized spacial score (nSPS) is 10.7. The quantitative estimate of drug-likeness (QED) is 0.703. The van der Waals surface area contributed by atoms with Crippen LogP contribution in [0.1, 0.15) is 19.4 Å². The summed E-state index contributed by atoms with van der Waals surface area (Å²) in [5.74, 6) is 0.484. The summed E-state index contributed by atoms with van der Waals surface area (Å²) in [6.45, 7) is 4.05. The van der Waals surface area contributed by atoms with Crippen LogP contribution < -0.4 is 10.2 Å². The van der Waals surface area contributed by atoms with Crippen LogP contribution >= 0.6 is 0 Å². The van der Waals surface area contributed by atoms with Crippen molar-refractivity contribution in [2.24, 2.45) is 0 Å². The van der Waals surface area contributed by atoms with E-state index >= 15 is 0 Å². The van der Waals surface area contributed by atoms with Crippen LogP contribution in [0.25, 0.3) is 22.3 Å². The van der Waals surface area contributed by atoms with Crippen LogP contribution in [0.5, 0.6) is 11.5 Å². The van der Waals surface area contributed by atoms with Gasteiger partial charge in [0.05, 0.1) is 12.5 Å². The van der Waals surface area contributed by atoms with Crippen LogP contribution in [0.15, 0.2) is 63.3 Å². The smallest absolute Gasteiger partial charge is 0.235 e. The fourth-order valence-corrected chi connectivity index (χ4v) is 2.68. The third kappa shape index (κ3) is 3.29. The van der Waals surface area contributed by atoms with Crippen molar-refractivity contribution in [1.82, 2.24) is 0 Å². The summed E-state index contributed by atoms with van der Waals surface area (Å²) in [6.07, 6.45) is 2.74. The summed E-state index contributed by atoms with van der Waals surface area (Å²) in [6, 6.07) is 12.4. The Kier molecular flexibility index (Phi) is 4.61. The van der Waals surface area contributed by atoms with Gasteiger partial charge in [-0.25, -0.2) is 0 Å². The highest BCUT2D eigenvalue weighted by atomic mass is 16.5. The minimum Gasteiger partial charge on any atom is -0.502 e. The summed E-state index contributed by atoms with van der Waals surface area (Å²) >= 11 is 0. The van der Waals surface area contributed by atoms with Crippen molar-refractivity contribution < 1.29 is 14.3 Å². The van der Waals surface area contributed by atoms with E-state index < -0.39 is 5.43 Å². The van der Waals surface area contributed by atoms with Crippen molar-refractivity contribution in [1.29, 1.82) is 0 Å². The van der Waals surface area contributed by atoms with Gasteiger partial charge in [-0.3, -0.25) is 4.79 Å². The van der Waals surface area contributed by atoms with Crippen LogP contribution in [0.2, 0.25) is 0 Å². The van der Waals surface area contributed by atoms with E-state index in [-0.39, 0.29) is 11.5 Å². The highest BCUT2D eigenvalue weighted by molar-refractivity contribution is 5.84. The fraction of sp³-hybridized carbons (Fsp3) is 0.190. The molecule has 4 nitrogen and oxygen atoms in total. The molecule has 25 heavy (non-hydrogen) atoms. The lowest BCUT2D eigenvalue weighted by atomic mass is 10.0. The standard InChI is InChI=1S/C21H20O4/c1-13(2)7-8-14-5-4-6-17-18(22)19(23)21(25-20(14)17)15-9-11-16(24-3)12-10-15/h4-7,9-12,23H,8H2,1-3H3. The van der Waals surface area contributed by atoms with E-state index in [0.717, 1.165) is 5.56 Å². The zero-order chi connectivity index (χ0) is 18.0. The number of benzene rings is 2. The number of hydrogen-bond donors (Lipinski definition) is 1. The molecule has 3 aromatic rings. The molecule has 0 aliphatic rings. The Morgan fingerprint density at radius 3 is 2.52 bits per heavy atom. The van der Waals surface area contributed by atoms with Crippen molar-refractivity contribution in [2.45, 2.75) is 20.3 Å². The van der Waals surface area contributed by atoms with E-state index in [1.54, 1.807) is 43.5 Å². The summed E-state index contributed by atoms with van der Waals surface area (Å²) in [7, 11) is 1.58. The number of aromatic hydroxyl groups is 1. The first kappa shape index (κ1) is 16.8. The Hall–Kier alpha value is -3.01. The molecule has 128 valence electrons. The number of methoxy groups -OCH3 is 1. The highest BCUT2D eigenvalue weighted by Gasteiger charge is 2.17. The predicted octanol–water partition coefficient (Wildman–Crippen LogP) is 4.68. The maximum atomic E-state index is 12.6. The second-order valence-electron chi connectivity index (χ2n) is 6.12. The molecule has 1 aromatic heterocycles. The zero-order valence-electron chi connectivity index (χ0n) is 14.5. The minimum absolute atomic E-state index is 0.171. The van der Waals surface area contributed by atoms with E-state index in [2.05, 4.69) is 6.08 Å². The van der Waals surface area contributed by atoms with E-state index in [0.29, 0.717) is 28.7 Å². The fourth-order valence-electron chi connectivity index (χ4n) is 2.68. The van der Waals surface area contributed by atoms with Crippen molar-refractivity contribution in [3.63, 3.8) is 0 Å². The Labute approximate surface area is 146 Å². The second kappa shape index (κ2) is 6.85. The lowest BCUT2D eigenvalue weighted by Gasteiger charge is -2.09. The van der Waals surface area contributed by atoms with Crippen molar-refractivity contribution in [2.75, 3.05) is 7.11 Å². The van der Waals surface area contributed by atoms with Gasteiger partial charge >= 0.3 is 0 Å². The van der Waals surface area contributed by atoms with E-state index in [4.69, 9.17) is 9.15 Å². The Balaban J connectivity index is 2.22. The molecule has 4 heteroatoms. The molecule has 0 amide bonds. The number of hydrogen-bond acceptors (Lipinski definition) is 4. The van der Waals surface area contributed by atoms with Crippen molar-refractivity contribution in [3.05, 3.63) is 69.9 Å². The highest BCUT2D eigenvalue weighted by Crippen LogP contribution is 2.32. The lowest BCUT2D eigenvalue weighted by Crippen LogP contribution is -2.04. The monoisotopic (exact) mass is 336 g/mol. The number of allylic oxidation sites excluding steroid dienone is 2. The average Bonchev–Trinajstić information content (AvgIpc) is 2.63. The summed E-state index contributed by atoms with van der Waals surface area (Å²) in [4.78, 5) is 12.6. The zero-order valence-corrected chi connectivity index (χ0v) is 14.5. The Bertz CT molecular complexity index is 991. The largest absolute Gasteiger partial charge is 0.502 e. The molecule has 1 heterocycles. The van der Waals surface area contributed by atoms with E-state index in [1.807, 2.05) is 19.9 Å². The predicted molar refractivity (Wildman–Crippen MR) is 99.3 cm³/mol. The number of rotatable bonds is 4. The molecule has 0 aliphatic heterocycles. The lowest BCUT2D eigenvalue weighted by molar-refractivity contribution is 0.414. The van der Waals surface area contributed by atoms with Gasteiger partial charge in [0, 0.05) is 5.56 Å². The molecule has 0 unspecified atom stereocenters. The maximum absolute atomic E-state index is 12.6. The minimum atomic E-state index is -0.425. The second-order valence-corrected chi connectivity index (χ2v) is 6.12. The van der Waals surface area contributed by atoms with E-state index in [9.17, 15) is 9.90 Å². The first-order chi connectivity index (χ1) is 12.0. The van der Waals surface area contributed by atoms with Gasteiger partial charge in [0.25, 0.3) is 0 Å². The molecule has 0 fully saturated rings. The molecule has 0 radical (unpaired) electrons. The Morgan fingerprint density at radius 2 is 1.88 bits per heavy atom. The van der Waals surface area contributed by atoms with Gasteiger partial charge in [0.1, 0.15) is 11.3 Å². The van der Waals surface area contributed by atoms with Gasteiger partial charge < -0.3 is 14.3 Å². The molecular formula is C21H20O4. The van der Waals surface area contributed by atoms with Crippen molar-refractivity contribution in [3.8, 4) is 22.8 Å². The van der Waals surface area contributed by atoms with Crippen LogP contribution in [-0.2, 0) is 6.42 Å². The van der Waals surface area contributed by atoms with Crippen LogP contribution in [0.4, 0.5) is 0 Å². The molecule has 0 saturated heterocycles. The third-order valence-corrected chi connectivity index (χ3v) is 4.06. The summed E-state index contributed by atoms with van der Waals surface area (Å²) < 4.78 is 11.1. The number of ether oxygens (including phenoxy) is 1. The molecular weight excluding hydrogens is 316 g/mol. The SMILES string of the molecule is COc1ccc(-c2oc3c(CC=C(C)C)cccc3c(=O)c2O)cc1. The molecule has 0 spiro atoms. The topological polar surface area (TPSA) is 59.7 Å². The van der Waals surface area contributed by atoms with Gasteiger partial charge in [-0.2, -0.15) is 0 Å². The molecule has 0 saturated carbocycles. The third-order valence-electron chi connectivity index (χ3n) is 4.06. The molecule has 1 N–H and O–H groups in total. The van der Waals surface area contributed by atoms with Crippen molar-refractivity contribution >= 4 is 11.0 Å². The maximum Gasteiger partial charge on any atom is 0.235 e. The molecule has 0 aliphatic carbocycles. The van der Waals surface area contributed by atoms with Gasteiger partial charge in [-0.15, -0.1) is 0 Å². The summed E-state index contributed by atoms with van der Waals surface area (Å²) in [5, 5.41) is 10.7. The molecule has 0 bridgehead atoms. The van der Waals surface area contributed by atoms with Crippen LogP contribution in [0, 0.1) is 0 Å². The number of fused-ring (bicyclic) bond motifs is 1. The molecule has 3 rings (SSSR count). The van der Waals surface area contributed by atoms with Gasteiger partial charge in [-0.1, -0.05) is 23.8 Å². The van der Waals surface area contributed by atoms with Gasteiger partial charge in [-0.05, 0) is 56.2 Å². The first-order valence-electron chi connectivity index (χ1n) is 8.06. The van der Waals surface area contributed by atoms with Gasteiger partial charge in [0.2, 0.25) is 11.2 Å². The van der Waals surface area contributed by atoms with Crippen LogP contribution in [-0.4, -0.2) is 12.2 Å². The molecule has 0 atom stereocenters.